The van der Waals surface area contributed by atoms with Crippen LogP contribution in [-0.2, 0) is 17.7 Å². The molecular formula is C19H30N2O2. The van der Waals surface area contributed by atoms with Crippen LogP contribution < -0.4 is 5.32 Å². The van der Waals surface area contributed by atoms with Gasteiger partial charge < -0.3 is 15.0 Å². The third-order valence-corrected chi connectivity index (χ3v) is 3.96. The van der Waals surface area contributed by atoms with Crippen LogP contribution in [0.25, 0.3) is 0 Å². The van der Waals surface area contributed by atoms with Crippen LogP contribution in [-0.4, -0.2) is 35.7 Å². The van der Waals surface area contributed by atoms with Gasteiger partial charge in [0.1, 0.15) is 5.60 Å². The Morgan fingerprint density at radius 3 is 2.48 bits per heavy atom. The molecule has 0 aliphatic heterocycles. The van der Waals surface area contributed by atoms with Gasteiger partial charge in [0.2, 0.25) is 0 Å². The molecule has 4 heteroatoms. The lowest BCUT2D eigenvalue weighted by molar-refractivity contribution is 0.0236. The van der Waals surface area contributed by atoms with Crippen molar-refractivity contribution in [3.63, 3.8) is 0 Å². The van der Waals surface area contributed by atoms with Gasteiger partial charge in [-0.15, -0.1) is 0 Å². The van der Waals surface area contributed by atoms with Crippen molar-refractivity contribution in [2.75, 3.05) is 13.1 Å². The van der Waals surface area contributed by atoms with Gasteiger partial charge in [-0.05, 0) is 51.2 Å². The van der Waals surface area contributed by atoms with Crippen molar-refractivity contribution in [2.45, 2.75) is 65.1 Å². The van der Waals surface area contributed by atoms with E-state index >= 15 is 0 Å². The first-order chi connectivity index (χ1) is 10.9. The monoisotopic (exact) mass is 318 g/mol. The molecule has 0 bridgehead atoms. The van der Waals surface area contributed by atoms with E-state index < -0.39 is 5.60 Å². The van der Waals surface area contributed by atoms with E-state index in [0.717, 1.165) is 32.4 Å². The molecule has 0 saturated heterocycles. The lowest BCUT2D eigenvalue weighted by Crippen LogP contribution is -2.41. The lowest BCUT2D eigenvalue weighted by Gasteiger charge is -2.27. The van der Waals surface area contributed by atoms with Crippen molar-refractivity contribution in [3.05, 3.63) is 35.4 Å². The van der Waals surface area contributed by atoms with E-state index in [9.17, 15) is 4.79 Å². The maximum Gasteiger partial charge on any atom is 0.410 e. The second kappa shape index (κ2) is 7.82. The molecule has 1 aromatic carbocycles. The molecule has 1 aliphatic rings. The Labute approximate surface area is 140 Å². The molecule has 1 N–H and O–H groups in total. The maximum atomic E-state index is 12.3. The Morgan fingerprint density at radius 2 is 1.91 bits per heavy atom. The van der Waals surface area contributed by atoms with Crippen LogP contribution in [0.5, 0.6) is 0 Å². The summed E-state index contributed by atoms with van der Waals surface area (Å²) in [4.78, 5) is 14.2. The largest absolute Gasteiger partial charge is 0.444 e. The van der Waals surface area contributed by atoms with Crippen LogP contribution in [0, 0.1) is 0 Å². The van der Waals surface area contributed by atoms with Crippen LogP contribution >= 0.6 is 0 Å². The minimum Gasteiger partial charge on any atom is -0.444 e. The van der Waals surface area contributed by atoms with E-state index in [0.29, 0.717) is 12.6 Å². The lowest BCUT2D eigenvalue weighted by atomic mass is 10.1. The van der Waals surface area contributed by atoms with Crippen molar-refractivity contribution >= 4 is 6.09 Å². The Morgan fingerprint density at radius 1 is 1.26 bits per heavy atom. The Kier molecular flexibility index (Phi) is 6.05. The van der Waals surface area contributed by atoms with E-state index in [-0.39, 0.29) is 6.09 Å². The fraction of sp³-hybridized carbons (Fsp3) is 0.632. The standard InChI is InChI=1S/C19H30N2O2/c1-5-15-8-6-7-9-16(15)14-20-12-13-21(17-10-11-17)18(22)23-19(2,3)4/h6-9,17,20H,5,10-14H2,1-4H3. The van der Waals surface area contributed by atoms with Gasteiger partial charge in [0.15, 0.2) is 0 Å². The molecule has 4 nitrogen and oxygen atoms in total. The highest BCUT2D eigenvalue weighted by molar-refractivity contribution is 5.69. The molecule has 1 aliphatic carbocycles. The number of amides is 1. The number of rotatable bonds is 7. The van der Waals surface area contributed by atoms with Gasteiger partial charge in [0.25, 0.3) is 0 Å². The normalized spacial score (nSPS) is 14.6. The second-order valence-electron chi connectivity index (χ2n) is 7.20. The molecule has 0 heterocycles. The summed E-state index contributed by atoms with van der Waals surface area (Å²) in [5.74, 6) is 0. The summed E-state index contributed by atoms with van der Waals surface area (Å²) < 4.78 is 5.51. The molecule has 0 spiro atoms. The number of carbonyl (C=O) groups is 1. The van der Waals surface area contributed by atoms with Crippen molar-refractivity contribution < 1.29 is 9.53 Å². The zero-order chi connectivity index (χ0) is 16.9. The molecule has 128 valence electrons. The predicted molar refractivity (Wildman–Crippen MR) is 93.5 cm³/mol. The molecule has 0 unspecified atom stereocenters. The van der Waals surface area contributed by atoms with Crippen LogP contribution in [0.2, 0.25) is 0 Å². The first kappa shape index (κ1) is 17.8. The van der Waals surface area contributed by atoms with Crippen molar-refractivity contribution in [1.29, 1.82) is 0 Å². The molecule has 1 fully saturated rings. The minimum absolute atomic E-state index is 0.184. The van der Waals surface area contributed by atoms with Crippen LogP contribution in [0.3, 0.4) is 0 Å². The van der Waals surface area contributed by atoms with E-state index in [4.69, 9.17) is 4.74 Å². The quantitative estimate of drug-likeness (QED) is 0.779. The molecule has 1 amide bonds. The zero-order valence-corrected chi connectivity index (χ0v) is 14.9. The van der Waals surface area contributed by atoms with Crippen LogP contribution in [0.1, 0.15) is 51.7 Å². The number of nitrogens with zero attached hydrogens (tertiary/aromatic N) is 1. The highest BCUT2D eigenvalue weighted by Crippen LogP contribution is 2.28. The average Bonchev–Trinajstić information content (AvgIpc) is 3.30. The third kappa shape index (κ3) is 5.87. The number of nitrogens with one attached hydrogen (secondary N) is 1. The second-order valence-corrected chi connectivity index (χ2v) is 7.20. The number of ether oxygens (including phenoxy) is 1. The molecule has 0 atom stereocenters. The minimum atomic E-state index is -0.433. The molecular weight excluding hydrogens is 288 g/mol. The van der Waals surface area contributed by atoms with E-state index in [1.807, 2.05) is 25.7 Å². The highest BCUT2D eigenvalue weighted by atomic mass is 16.6. The molecule has 0 radical (unpaired) electrons. The van der Waals surface area contributed by atoms with Gasteiger partial charge in [-0.3, -0.25) is 0 Å². The van der Waals surface area contributed by atoms with Crippen molar-refractivity contribution in [1.82, 2.24) is 10.2 Å². The average molecular weight is 318 g/mol. The Balaban J connectivity index is 1.80. The molecule has 1 aromatic rings. The zero-order valence-electron chi connectivity index (χ0n) is 14.9. The molecule has 23 heavy (non-hydrogen) atoms. The summed E-state index contributed by atoms with van der Waals surface area (Å²) in [5, 5.41) is 3.46. The Hall–Kier alpha value is -1.55. The predicted octanol–water partition coefficient (Wildman–Crippen LogP) is 3.74. The topological polar surface area (TPSA) is 41.6 Å². The summed E-state index contributed by atoms with van der Waals surface area (Å²) in [5.41, 5.74) is 2.29. The summed E-state index contributed by atoms with van der Waals surface area (Å²) in [7, 11) is 0. The van der Waals surface area contributed by atoms with Crippen LogP contribution in [0.15, 0.2) is 24.3 Å². The summed E-state index contributed by atoms with van der Waals surface area (Å²) >= 11 is 0. The number of benzene rings is 1. The number of aryl methyl sites for hydroxylation is 1. The highest BCUT2D eigenvalue weighted by Gasteiger charge is 2.34. The van der Waals surface area contributed by atoms with Gasteiger partial charge in [-0.1, -0.05) is 31.2 Å². The van der Waals surface area contributed by atoms with Gasteiger partial charge in [0.05, 0.1) is 0 Å². The first-order valence-electron chi connectivity index (χ1n) is 8.68. The van der Waals surface area contributed by atoms with Gasteiger partial charge >= 0.3 is 6.09 Å². The third-order valence-electron chi connectivity index (χ3n) is 3.96. The molecule has 1 saturated carbocycles. The summed E-state index contributed by atoms with van der Waals surface area (Å²) in [6, 6.07) is 8.87. The SMILES string of the molecule is CCc1ccccc1CNCCN(C(=O)OC(C)(C)C)C1CC1. The summed E-state index contributed by atoms with van der Waals surface area (Å²) in [6.45, 7) is 10.2. The fourth-order valence-corrected chi connectivity index (χ4v) is 2.63. The maximum absolute atomic E-state index is 12.3. The van der Waals surface area contributed by atoms with E-state index in [2.05, 4.69) is 36.5 Å². The number of carbonyl (C=O) groups excluding carboxylic acids is 1. The number of hydrogen-bond donors (Lipinski definition) is 1. The van der Waals surface area contributed by atoms with Gasteiger partial charge in [-0.2, -0.15) is 0 Å². The van der Waals surface area contributed by atoms with E-state index in [1.165, 1.54) is 11.1 Å². The van der Waals surface area contributed by atoms with Crippen molar-refractivity contribution in [2.24, 2.45) is 0 Å². The van der Waals surface area contributed by atoms with Gasteiger partial charge in [-0.25, -0.2) is 4.79 Å². The van der Waals surface area contributed by atoms with Crippen molar-refractivity contribution in [3.8, 4) is 0 Å². The molecule has 2 rings (SSSR count). The van der Waals surface area contributed by atoms with Crippen LogP contribution in [0.4, 0.5) is 4.79 Å². The fourth-order valence-electron chi connectivity index (χ4n) is 2.63. The first-order valence-corrected chi connectivity index (χ1v) is 8.68. The van der Waals surface area contributed by atoms with Gasteiger partial charge in [0, 0.05) is 25.7 Å². The van der Waals surface area contributed by atoms with E-state index in [1.54, 1.807) is 0 Å². The number of hydrogen-bond acceptors (Lipinski definition) is 3. The molecule has 0 aromatic heterocycles. The summed E-state index contributed by atoms with van der Waals surface area (Å²) in [6.07, 6.45) is 3.05. The smallest absolute Gasteiger partial charge is 0.410 e. The Bertz CT molecular complexity index is 518.